The number of benzene rings is 2. The van der Waals surface area contributed by atoms with Gasteiger partial charge in [-0.1, -0.05) is 56.3 Å². The first-order valence-electron chi connectivity index (χ1n) is 10.6. The van der Waals surface area contributed by atoms with Crippen molar-refractivity contribution in [3.8, 4) is 0 Å². The highest BCUT2D eigenvalue weighted by molar-refractivity contribution is 5.99. The molecule has 29 heavy (non-hydrogen) atoms. The van der Waals surface area contributed by atoms with Crippen LogP contribution in [-0.2, 0) is 11.3 Å². The number of amides is 1. The Balaban J connectivity index is 1.37. The van der Waals surface area contributed by atoms with E-state index in [1.54, 1.807) is 23.1 Å². The average molecular weight is 396 g/mol. The van der Waals surface area contributed by atoms with E-state index in [-0.39, 0.29) is 23.8 Å². The molecule has 2 aromatic carbocycles. The zero-order valence-corrected chi connectivity index (χ0v) is 17.2. The number of piperidine rings is 1. The molecule has 0 bridgehead atoms. The highest BCUT2D eigenvalue weighted by Crippen LogP contribution is 2.28. The second-order valence-electron chi connectivity index (χ2n) is 8.61. The molecule has 2 saturated heterocycles. The Labute approximate surface area is 172 Å². The fraction of sp³-hybridized carbons (Fsp3) is 0.458. The molecule has 5 heteroatoms. The van der Waals surface area contributed by atoms with Crippen molar-refractivity contribution in [3.63, 3.8) is 0 Å². The molecule has 0 aliphatic carbocycles. The van der Waals surface area contributed by atoms with Crippen LogP contribution in [0.25, 0.3) is 0 Å². The standard InChI is InChI=1S/C24H30FN3O/c1-17-14-27(16-19-8-4-3-5-9-19)15-18(2)23(17)26-21-12-13-28(24(21)29)22-11-7-6-10-20(22)25/h3-11,17-18,21,23,26H,12-16H2,1-2H3. The van der Waals surface area contributed by atoms with Gasteiger partial charge in [0.25, 0.3) is 0 Å². The summed E-state index contributed by atoms with van der Waals surface area (Å²) in [6.07, 6.45) is 0.719. The van der Waals surface area contributed by atoms with Crippen molar-refractivity contribution in [2.45, 2.75) is 38.9 Å². The first kappa shape index (κ1) is 20.0. The molecule has 154 valence electrons. The Kier molecular flexibility index (Phi) is 5.97. The lowest BCUT2D eigenvalue weighted by Gasteiger charge is -2.42. The molecule has 2 fully saturated rings. The summed E-state index contributed by atoms with van der Waals surface area (Å²) in [4.78, 5) is 17.0. The predicted molar refractivity (Wildman–Crippen MR) is 114 cm³/mol. The highest BCUT2D eigenvalue weighted by Gasteiger charge is 2.39. The van der Waals surface area contributed by atoms with Crippen molar-refractivity contribution in [3.05, 3.63) is 66.0 Å². The summed E-state index contributed by atoms with van der Waals surface area (Å²) in [6, 6.07) is 17.2. The molecule has 0 radical (unpaired) electrons. The normalized spacial score (nSPS) is 28.1. The number of hydrogen-bond donors (Lipinski definition) is 1. The highest BCUT2D eigenvalue weighted by atomic mass is 19.1. The smallest absolute Gasteiger partial charge is 0.244 e. The van der Waals surface area contributed by atoms with Crippen molar-refractivity contribution < 1.29 is 9.18 Å². The monoisotopic (exact) mass is 395 g/mol. The van der Waals surface area contributed by atoms with E-state index in [4.69, 9.17) is 0 Å². The van der Waals surface area contributed by atoms with E-state index in [2.05, 4.69) is 48.3 Å². The molecule has 4 rings (SSSR count). The Morgan fingerprint density at radius 1 is 1.00 bits per heavy atom. The Morgan fingerprint density at radius 2 is 1.66 bits per heavy atom. The van der Waals surface area contributed by atoms with Gasteiger partial charge in [0.05, 0.1) is 11.7 Å². The van der Waals surface area contributed by atoms with Crippen molar-refractivity contribution in [2.75, 3.05) is 24.5 Å². The minimum Gasteiger partial charge on any atom is -0.308 e. The number of likely N-dealkylation sites (tertiary alicyclic amines) is 1. The van der Waals surface area contributed by atoms with Crippen LogP contribution in [0.4, 0.5) is 10.1 Å². The zero-order valence-electron chi connectivity index (χ0n) is 17.2. The Bertz CT molecular complexity index is 831. The van der Waals surface area contributed by atoms with Gasteiger partial charge in [-0.3, -0.25) is 9.69 Å². The first-order valence-corrected chi connectivity index (χ1v) is 10.6. The van der Waals surface area contributed by atoms with E-state index in [0.717, 1.165) is 26.1 Å². The van der Waals surface area contributed by atoms with Crippen LogP contribution in [-0.4, -0.2) is 42.5 Å². The van der Waals surface area contributed by atoms with Gasteiger partial charge in [-0.05, 0) is 36.0 Å². The van der Waals surface area contributed by atoms with E-state index in [1.807, 2.05) is 6.07 Å². The largest absolute Gasteiger partial charge is 0.308 e. The number of halogens is 1. The molecular weight excluding hydrogens is 365 g/mol. The number of hydrogen-bond acceptors (Lipinski definition) is 3. The third-order valence-electron chi connectivity index (χ3n) is 6.31. The third kappa shape index (κ3) is 4.36. The fourth-order valence-electron chi connectivity index (χ4n) is 4.95. The molecule has 1 amide bonds. The van der Waals surface area contributed by atoms with Crippen LogP contribution in [0.3, 0.4) is 0 Å². The summed E-state index contributed by atoms with van der Waals surface area (Å²) in [5.41, 5.74) is 1.73. The number of rotatable bonds is 5. The maximum Gasteiger partial charge on any atom is 0.244 e. The number of carbonyl (C=O) groups excluding carboxylic acids is 1. The van der Waals surface area contributed by atoms with E-state index in [0.29, 0.717) is 24.1 Å². The summed E-state index contributed by atoms with van der Waals surface area (Å²) in [6.45, 7) is 8.07. The van der Waals surface area contributed by atoms with Crippen molar-refractivity contribution in [2.24, 2.45) is 11.8 Å². The molecule has 0 spiro atoms. The molecule has 2 aliphatic heterocycles. The topological polar surface area (TPSA) is 35.6 Å². The molecule has 2 aliphatic rings. The molecule has 2 heterocycles. The average Bonchev–Trinajstić information content (AvgIpc) is 3.06. The number of nitrogens with zero attached hydrogens (tertiary/aromatic N) is 2. The molecule has 2 aromatic rings. The van der Waals surface area contributed by atoms with Crippen molar-refractivity contribution in [1.29, 1.82) is 0 Å². The summed E-state index contributed by atoms with van der Waals surface area (Å²) in [5.74, 6) is 0.536. The summed E-state index contributed by atoms with van der Waals surface area (Å²) >= 11 is 0. The molecule has 3 atom stereocenters. The van der Waals surface area contributed by atoms with Gasteiger partial charge in [0.1, 0.15) is 5.82 Å². The SMILES string of the molecule is CC1CN(Cc2ccccc2)CC(C)C1NC1CCN(c2ccccc2F)C1=O. The Morgan fingerprint density at radius 3 is 2.34 bits per heavy atom. The summed E-state index contributed by atoms with van der Waals surface area (Å²) in [5, 5.41) is 3.63. The second kappa shape index (κ2) is 8.64. The van der Waals surface area contributed by atoms with Crippen LogP contribution in [0, 0.1) is 17.7 Å². The fourth-order valence-corrected chi connectivity index (χ4v) is 4.95. The summed E-state index contributed by atoms with van der Waals surface area (Å²) in [7, 11) is 0. The van der Waals surface area contributed by atoms with E-state index in [9.17, 15) is 9.18 Å². The lowest BCUT2D eigenvalue weighted by atomic mass is 9.85. The van der Waals surface area contributed by atoms with Gasteiger partial charge in [-0.25, -0.2) is 4.39 Å². The van der Waals surface area contributed by atoms with Crippen LogP contribution in [0.15, 0.2) is 54.6 Å². The third-order valence-corrected chi connectivity index (χ3v) is 6.31. The summed E-state index contributed by atoms with van der Waals surface area (Å²) < 4.78 is 14.1. The van der Waals surface area contributed by atoms with Crippen LogP contribution >= 0.6 is 0 Å². The van der Waals surface area contributed by atoms with Crippen molar-refractivity contribution >= 4 is 11.6 Å². The molecule has 3 unspecified atom stereocenters. The lowest BCUT2D eigenvalue weighted by Crippen LogP contribution is -2.56. The first-order chi connectivity index (χ1) is 14.0. The lowest BCUT2D eigenvalue weighted by molar-refractivity contribution is -0.119. The zero-order chi connectivity index (χ0) is 20.4. The van der Waals surface area contributed by atoms with Gasteiger partial charge < -0.3 is 10.2 Å². The van der Waals surface area contributed by atoms with Gasteiger partial charge in [-0.2, -0.15) is 0 Å². The van der Waals surface area contributed by atoms with Crippen molar-refractivity contribution in [1.82, 2.24) is 10.2 Å². The predicted octanol–water partition coefficient (Wildman–Crippen LogP) is 3.68. The minimum absolute atomic E-state index is 0.0128. The second-order valence-corrected chi connectivity index (χ2v) is 8.61. The van der Waals surface area contributed by atoms with Crippen LogP contribution in [0.5, 0.6) is 0 Å². The number of nitrogens with one attached hydrogen (secondary N) is 1. The number of carbonyl (C=O) groups is 1. The van der Waals surface area contributed by atoms with E-state index >= 15 is 0 Å². The minimum atomic E-state index is -0.336. The molecule has 1 N–H and O–H groups in total. The van der Waals surface area contributed by atoms with Gasteiger partial charge in [0.2, 0.25) is 5.91 Å². The van der Waals surface area contributed by atoms with Crippen LogP contribution in [0.2, 0.25) is 0 Å². The van der Waals surface area contributed by atoms with Gasteiger partial charge in [0.15, 0.2) is 0 Å². The number of para-hydroxylation sites is 1. The maximum atomic E-state index is 14.1. The van der Waals surface area contributed by atoms with Gasteiger partial charge in [-0.15, -0.1) is 0 Å². The van der Waals surface area contributed by atoms with Gasteiger partial charge >= 0.3 is 0 Å². The molecule has 4 nitrogen and oxygen atoms in total. The van der Waals surface area contributed by atoms with Crippen LogP contribution in [0.1, 0.15) is 25.8 Å². The van der Waals surface area contributed by atoms with E-state index < -0.39 is 0 Å². The molecule has 0 saturated carbocycles. The maximum absolute atomic E-state index is 14.1. The van der Waals surface area contributed by atoms with E-state index in [1.165, 1.54) is 11.6 Å². The number of anilines is 1. The molecular formula is C24H30FN3O. The van der Waals surface area contributed by atoms with Gasteiger partial charge in [0, 0.05) is 32.2 Å². The quantitative estimate of drug-likeness (QED) is 0.839. The molecule has 0 aromatic heterocycles. The Hall–Kier alpha value is -2.24. The van der Waals surface area contributed by atoms with Crippen LogP contribution < -0.4 is 10.2 Å².